The molecule has 0 aliphatic heterocycles. The first kappa shape index (κ1) is 16.5. The van der Waals surface area contributed by atoms with Crippen molar-refractivity contribution in [1.82, 2.24) is 4.90 Å². The van der Waals surface area contributed by atoms with Gasteiger partial charge in [-0.15, -0.1) is 0 Å². The molecule has 1 aromatic carbocycles. The van der Waals surface area contributed by atoms with Crippen LogP contribution in [0.1, 0.15) is 57.9 Å². The second-order valence-electron chi connectivity index (χ2n) is 6.69. The van der Waals surface area contributed by atoms with E-state index in [4.69, 9.17) is 5.73 Å². The van der Waals surface area contributed by atoms with Crippen molar-refractivity contribution in [2.24, 2.45) is 11.7 Å². The summed E-state index contributed by atoms with van der Waals surface area (Å²) in [6, 6.07) is 10.9. The third-order valence-electron chi connectivity index (χ3n) is 5.37. The molecule has 0 bridgehead atoms. The number of nitrogens with zero attached hydrogens (tertiary/aromatic N) is 1. The summed E-state index contributed by atoms with van der Waals surface area (Å²) in [5.74, 6) is 0.921. The van der Waals surface area contributed by atoms with Crippen molar-refractivity contribution in [3.8, 4) is 0 Å². The molecule has 0 atom stereocenters. The molecule has 2 rings (SSSR count). The maximum absolute atomic E-state index is 6.27. The Bertz CT molecular complexity index is 393. The van der Waals surface area contributed by atoms with Gasteiger partial charge in [0.2, 0.25) is 0 Å². The van der Waals surface area contributed by atoms with E-state index in [1.165, 1.54) is 44.1 Å². The van der Waals surface area contributed by atoms with E-state index < -0.39 is 0 Å². The van der Waals surface area contributed by atoms with Gasteiger partial charge in [0.1, 0.15) is 0 Å². The molecule has 0 heterocycles. The lowest BCUT2D eigenvalue weighted by atomic mass is 9.74. The molecule has 1 fully saturated rings. The SMILES string of the molecule is CCCN(Cc1ccccc1)C1(CN)CCC(CC)CC1. The van der Waals surface area contributed by atoms with Gasteiger partial charge in [-0.25, -0.2) is 0 Å². The highest BCUT2D eigenvalue weighted by Crippen LogP contribution is 2.38. The summed E-state index contributed by atoms with van der Waals surface area (Å²) < 4.78 is 0. The third-order valence-corrected chi connectivity index (χ3v) is 5.37. The first-order valence-corrected chi connectivity index (χ1v) is 8.73. The molecule has 2 nitrogen and oxygen atoms in total. The molecule has 0 radical (unpaired) electrons. The minimum absolute atomic E-state index is 0.234. The Hall–Kier alpha value is -0.860. The fourth-order valence-corrected chi connectivity index (χ4v) is 3.83. The number of hydrogen-bond acceptors (Lipinski definition) is 2. The number of hydrogen-bond donors (Lipinski definition) is 1. The van der Waals surface area contributed by atoms with Crippen LogP contribution in [0.3, 0.4) is 0 Å². The number of rotatable bonds is 7. The second-order valence-corrected chi connectivity index (χ2v) is 6.69. The monoisotopic (exact) mass is 288 g/mol. The highest BCUT2D eigenvalue weighted by atomic mass is 15.2. The van der Waals surface area contributed by atoms with Crippen molar-refractivity contribution in [2.75, 3.05) is 13.1 Å². The second kappa shape index (κ2) is 7.95. The van der Waals surface area contributed by atoms with E-state index >= 15 is 0 Å². The van der Waals surface area contributed by atoms with E-state index in [0.717, 1.165) is 25.6 Å². The van der Waals surface area contributed by atoms with Gasteiger partial charge in [-0.05, 0) is 50.1 Å². The van der Waals surface area contributed by atoms with Gasteiger partial charge in [0.25, 0.3) is 0 Å². The largest absolute Gasteiger partial charge is 0.329 e. The lowest BCUT2D eigenvalue weighted by molar-refractivity contribution is 0.0347. The normalized spacial score (nSPS) is 26.2. The molecule has 1 aliphatic rings. The summed E-state index contributed by atoms with van der Waals surface area (Å²) >= 11 is 0. The maximum atomic E-state index is 6.27. The van der Waals surface area contributed by atoms with Gasteiger partial charge in [0.15, 0.2) is 0 Å². The Kier molecular flexibility index (Phi) is 6.25. The van der Waals surface area contributed by atoms with Gasteiger partial charge in [-0.2, -0.15) is 0 Å². The van der Waals surface area contributed by atoms with Crippen LogP contribution in [0.15, 0.2) is 30.3 Å². The minimum atomic E-state index is 0.234. The Morgan fingerprint density at radius 3 is 2.33 bits per heavy atom. The molecule has 1 aromatic rings. The van der Waals surface area contributed by atoms with Crippen LogP contribution in [0, 0.1) is 5.92 Å². The van der Waals surface area contributed by atoms with Gasteiger partial charge < -0.3 is 5.73 Å². The lowest BCUT2D eigenvalue weighted by Crippen LogP contribution is -2.55. The predicted molar refractivity (Wildman–Crippen MR) is 91.2 cm³/mol. The van der Waals surface area contributed by atoms with Crippen LogP contribution in [0.25, 0.3) is 0 Å². The standard InChI is InChI=1S/C19H32N2/c1-3-14-21(15-18-8-6-5-7-9-18)19(16-20)12-10-17(4-2)11-13-19/h5-9,17H,3-4,10-16,20H2,1-2H3. The Morgan fingerprint density at radius 1 is 1.14 bits per heavy atom. The van der Waals surface area contributed by atoms with Crippen molar-refractivity contribution in [2.45, 2.75) is 64.5 Å². The molecular formula is C19H32N2. The lowest BCUT2D eigenvalue weighted by Gasteiger charge is -2.48. The smallest absolute Gasteiger partial charge is 0.0335 e. The van der Waals surface area contributed by atoms with Crippen molar-refractivity contribution < 1.29 is 0 Å². The Labute approximate surface area is 130 Å². The highest BCUT2D eigenvalue weighted by Gasteiger charge is 2.38. The topological polar surface area (TPSA) is 29.3 Å². The first-order valence-electron chi connectivity index (χ1n) is 8.73. The molecular weight excluding hydrogens is 256 g/mol. The summed E-state index contributed by atoms with van der Waals surface area (Å²) in [6.45, 7) is 7.61. The fourth-order valence-electron chi connectivity index (χ4n) is 3.83. The zero-order chi connectivity index (χ0) is 15.1. The van der Waals surface area contributed by atoms with E-state index in [9.17, 15) is 0 Å². The van der Waals surface area contributed by atoms with E-state index in [-0.39, 0.29) is 5.54 Å². The van der Waals surface area contributed by atoms with Crippen LogP contribution >= 0.6 is 0 Å². The van der Waals surface area contributed by atoms with Gasteiger partial charge in [-0.1, -0.05) is 50.6 Å². The molecule has 1 aliphatic carbocycles. The van der Waals surface area contributed by atoms with Crippen LogP contribution < -0.4 is 5.73 Å². The summed E-state index contributed by atoms with van der Waals surface area (Å²) in [7, 11) is 0. The van der Waals surface area contributed by atoms with Gasteiger partial charge >= 0.3 is 0 Å². The fraction of sp³-hybridized carbons (Fsp3) is 0.684. The minimum Gasteiger partial charge on any atom is -0.329 e. The molecule has 21 heavy (non-hydrogen) atoms. The van der Waals surface area contributed by atoms with Gasteiger partial charge in [0.05, 0.1) is 0 Å². The molecule has 118 valence electrons. The molecule has 2 heteroatoms. The van der Waals surface area contributed by atoms with Crippen LogP contribution in [0.4, 0.5) is 0 Å². The molecule has 0 aromatic heterocycles. The van der Waals surface area contributed by atoms with Crippen LogP contribution in [0.5, 0.6) is 0 Å². The highest BCUT2D eigenvalue weighted by molar-refractivity contribution is 5.15. The maximum Gasteiger partial charge on any atom is 0.0335 e. The number of benzene rings is 1. The Morgan fingerprint density at radius 2 is 1.81 bits per heavy atom. The molecule has 0 unspecified atom stereocenters. The molecule has 1 saturated carbocycles. The molecule has 0 amide bonds. The summed E-state index contributed by atoms with van der Waals surface area (Å²) in [6.07, 6.45) is 7.77. The third kappa shape index (κ3) is 4.08. The predicted octanol–water partition coefficient (Wildman–Crippen LogP) is 4.20. The van der Waals surface area contributed by atoms with E-state index in [1.807, 2.05) is 0 Å². The summed E-state index contributed by atoms with van der Waals surface area (Å²) in [5.41, 5.74) is 7.92. The van der Waals surface area contributed by atoms with Gasteiger partial charge in [0, 0.05) is 18.6 Å². The average molecular weight is 288 g/mol. The summed E-state index contributed by atoms with van der Waals surface area (Å²) in [5, 5.41) is 0. The molecule has 2 N–H and O–H groups in total. The summed E-state index contributed by atoms with van der Waals surface area (Å²) in [4.78, 5) is 2.67. The van der Waals surface area contributed by atoms with Crippen molar-refractivity contribution in [3.05, 3.63) is 35.9 Å². The zero-order valence-corrected chi connectivity index (χ0v) is 13.9. The van der Waals surface area contributed by atoms with Crippen molar-refractivity contribution >= 4 is 0 Å². The Balaban J connectivity index is 2.11. The molecule has 0 saturated heterocycles. The van der Waals surface area contributed by atoms with Gasteiger partial charge in [-0.3, -0.25) is 4.90 Å². The van der Waals surface area contributed by atoms with Crippen molar-refractivity contribution in [1.29, 1.82) is 0 Å². The van der Waals surface area contributed by atoms with Crippen LogP contribution in [-0.2, 0) is 6.54 Å². The molecule has 0 spiro atoms. The van der Waals surface area contributed by atoms with E-state index in [0.29, 0.717) is 0 Å². The van der Waals surface area contributed by atoms with Crippen molar-refractivity contribution in [3.63, 3.8) is 0 Å². The van der Waals surface area contributed by atoms with Crippen LogP contribution in [0.2, 0.25) is 0 Å². The van der Waals surface area contributed by atoms with E-state index in [2.05, 4.69) is 49.1 Å². The quantitative estimate of drug-likeness (QED) is 0.815. The first-order chi connectivity index (χ1) is 10.2. The number of nitrogens with two attached hydrogens (primary N) is 1. The van der Waals surface area contributed by atoms with Crippen LogP contribution in [-0.4, -0.2) is 23.5 Å². The van der Waals surface area contributed by atoms with E-state index in [1.54, 1.807) is 0 Å². The zero-order valence-electron chi connectivity index (χ0n) is 13.9. The average Bonchev–Trinajstić information content (AvgIpc) is 2.55.